The lowest BCUT2D eigenvalue weighted by molar-refractivity contribution is 0.112. The highest BCUT2D eigenvalue weighted by atomic mass is 79.9. The van der Waals surface area contributed by atoms with Crippen molar-refractivity contribution in [2.75, 3.05) is 0 Å². The van der Waals surface area contributed by atoms with Gasteiger partial charge in [-0.2, -0.15) is 0 Å². The second kappa shape index (κ2) is 3.38. The van der Waals surface area contributed by atoms with E-state index in [0.29, 0.717) is 17.2 Å². The molecule has 0 spiro atoms. The van der Waals surface area contributed by atoms with Gasteiger partial charge in [0.2, 0.25) is 0 Å². The number of nitrogens with zero attached hydrogens (tertiary/aromatic N) is 1. The first-order chi connectivity index (χ1) is 6.72. The van der Waals surface area contributed by atoms with E-state index >= 15 is 0 Å². The maximum absolute atomic E-state index is 10.7. The second-order valence-corrected chi connectivity index (χ2v) is 3.75. The molecule has 0 bridgehead atoms. The average Bonchev–Trinajstić information content (AvgIpc) is 2.17. The van der Waals surface area contributed by atoms with Gasteiger partial charge in [-0.1, -0.05) is 0 Å². The van der Waals surface area contributed by atoms with Crippen LogP contribution >= 0.6 is 15.9 Å². The van der Waals surface area contributed by atoms with E-state index in [1.54, 1.807) is 18.3 Å². The van der Waals surface area contributed by atoms with Crippen LogP contribution in [0.25, 0.3) is 10.9 Å². The van der Waals surface area contributed by atoms with Gasteiger partial charge < -0.3 is 5.11 Å². The van der Waals surface area contributed by atoms with Crippen molar-refractivity contribution in [3.05, 3.63) is 34.4 Å². The van der Waals surface area contributed by atoms with Crippen molar-refractivity contribution < 1.29 is 9.90 Å². The Morgan fingerprint density at radius 2 is 2.21 bits per heavy atom. The van der Waals surface area contributed by atoms with E-state index in [-0.39, 0.29) is 11.3 Å². The number of benzene rings is 1. The zero-order valence-corrected chi connectivity index (χ0v) is 8.65. The van der Waals surface area contributed by atoms with Crippen molar-refractivity contribution in [1.82, 2.24) is 4.98 Å². The highest BCUT2D eigenvalue weighted by Crippen LogP contribution is 2.26. The van der Waals surface area contributed by atoms with Crippen molar-refractivity contribution in [2.24, 2.45) is 0 Å². The van der Waals surface area contributed by atoms with Gasteiger partial charge in [0.15, 0.2) is 6.29 Å². The first-order valence-corrected chi connectivity index (χ1v) is 4.74. The second-order valence-electron chi connectivity index (χ2n) is 2.84. The van der Waals surface area contributed by atoms with Gasteiger partial charge in [-0.3, -0.25) is 9.78 Å². The van der Waals surface area contributed by atoms with E-state index in [0.717, 1.165) is 4.47 Å². The zero-order chi connectivity index (χ0) is 10.1. The first kappa shape index (κ1) is 9.15. The molecular weight excluding hydrogens is 246 g/mol. The quantitative estimate of drug-likeness (QED) is 0.793. The summed E-state index contributed by atoms with van der Waals surface area (Å²) in [6, 6.07) is 4.89. The molecular formula is C10H6BrNO2. The van der Waals surface area contributed by atoms with Crippen LogP contribution in [0.1, 0.15) is 10.4 Å². The molecule has 0 saturated heterocycles. The van der Waals surface area contributed by atoms with Crippen LogP contribution in [0.4, 0.5) is 0 Å². The summed E-state index contributed by atoms with van der Waals surface area (Å²) in [5.74, 6) is -0.0209. The minimum absolute atomic E-state index is 0.0209. The molecule has 1 aromatic carbocycles. The van der Waals surface area contributed by atoms with Gasteiger partial charge in [-0.15, -0.1) is 0 Å². The Morgan fingerprint density at radius 3 is 2.93 bits per heavy atom. The molecule has 3 nitrogen and oxygen atoms in total. The standard InChI is InChI=1S/C10H6BrNO2/c11-6-3-7-8(5-13)10(14)2-1-9(7)12-4-6/h1-5,14H. The summed E-state index contributed by atoms with van der Waals surface area (Å²) < 4.78 is 0.777. The number of carbonyl (C=O) groups is 1. The normalized spacial score (nSPS) is 10.4. The summed E-state index contributed by atoms with van der Waals surface area (Å²) in [4.78, 5) is 14.9. The Bertz CT molecular complexity index is 505. The third kappa shape index (κ3) is 1.37. The molecule has 0 amide bonds. The number of hydrogen-bond acceptors (Lipinski definition) is 3. The summed E-state index contributed by atoms with van der Waals surface area (Å²) in [7, 11) is 0. The number of aromatic nitrogens is 1. The Morgan fingerprint density at radius 1 is 1.43 bits per heavy atom. The summed E-state index contributed by atoms with van der Waals surface area (Å²) in [6.07, 6.45) is 2.28. The van der Waals surface area contributed by atoms with Crippen LogP contribution in [0.15, 0.2) is 28.9 Å². The van der Waals surface area contributed by atoms with Crippen LogP contribution in [0.5, 0.6) is 5.75 Å². The predicted molar refractivity (Wildman–Crippen MR) is 56.5 cm³/mol. The van der Waals surface area contributed by atoms with Crippen molar-refractivity contribution in [3.63, 3.8) is 0 Å². The number of pyridine rings is 1. The van der Waals surface area contributed by atoms with E-state index in [9.17, 15) is 9.90 Å². The van der Waals surface area contributed by atoms with Crippen LogP contribution in [0, 0.1) is 0 Å². The zero-order valence-electron chi connectivity index (χ0n) is 7.07. The van der Waals surface area contributed by atoms with Gasteiger partial charge in [0.1, 0.15) is 5.75 Å². The van der Waals surface area contributed by atoms with Crippen LogP contribution in [-0.4, -0.2) is 16.4 Å². The molecule has 1 heterocycles. The number of halogens is 1. The fourth-order valence-electron chi connectivity index (χ4n) is 1.31. The average molecular weight is 252 g/mol. The molecule has 0 radical (unpaired) electrons. The molecule has 0 fully saturated rings. The number of carbonyl (C=O) groups excluding carboxylic acids is 1. The van der Waals surface area contributed by atoms with E-state index in [1.165, 1.54) is 6.07 Å². The lowest BCUT2D eigenvalue weighted by atomic mass is 10.1. The van der Waals surface area contributed by atoms with Crippen LogP contribution in [-0.2, 0) is 0 Å². The maximum atomic E-state index is 10.7. The Labute approximate surface area is 88.5 Å². The monoisotopic (exact) mass is 251 g/mol. The Hall–Kier alpha value is -1.42. The summed E-state index contributed by atoms with van der Waals surface area (Å²) >= 11 is 3.26. The third-order valence-corrected chi connectivity index (χ3v) is 2.40. The maximum Gasteiger partial charge on any atom is 0.154 e. The number of phenolic OH excluding ortho intramolecular Hbond substituents is 1. The van der Waals surface area contributed by atoms with Gasteiger partial charge in [0, 0.05) is 16.1 Å². The summed E-state index contributed by atoms with van der Waals surface area (Å²) in [5.41, 5.74) is 0.962. The molecule has 4 heteroatoms. The summed E-state index contributed by atoms with van der Waals surface area (Å²) in [6.45, 7) is 0. The number of rotatable bonds is 1. The van der Waals surface area contributed by atoms with E-state index < -0.39 is 0 Å². The molecule has 70 valence electrons. The highest BCUT2D eigenvalue weighted by molar-refractivity contribution is 9.10. The molecule has 2 aromatic rings. The predicted octanol–water partition coefficient (Wildman–Crippen LogP) is 2.52. The topological polar surface area (TPSA) is 50.2 Å². The molecule has 14 heavy (non-hydrogen) atoms. The highest BCUT2D eigenvalue weighted by Gasteiger charge is 2.06. The van der Waals surface area contributed by atoms with Gasteiger partial charge in [-0.05, 0) is 34.1 Å². The Balaban J connectivity index is 2.91. The smallest absolute Gasteiger partial charge is 0.154 e. The number of hydrogen-bond donors (Lipinski definition) is 1. The number of aromatic hydroxyl groups is 1. The SMILES string of the molecule is O=Cc1c(O)ccc2ncc(Br)cc12. The lowest BCUT2D eigenvalue weighted by Gasteiger charge is -2.02. The fourth-order valence-corrected chi connectivity index (χ4v) is 1.64. The number of phenols is 1. The third-order valence-electron chi connectivity index (χ3n) is 1.97. The minimum atomic E-state index is -0.0209. The molecule has 1 aromatic heterocycles. The summed E-state index contributed by atoms with van der Waals surface area (Å²) in [5, 5.41) is 10.1. The Kier molecular flexibility index (Phi) is 2.21. The molecule has 0 aliphatic heterocycles. The van der Waals surface area contributed by atoms with Crippen LogP contribution < -0.4 is 0 Å². The fraction of sp³-hybridized carbons (Fsp3) is 0. The van der Waals surface area contributed by atoms with Gasteiger partial charge in [-0.25, -0.2) is 0 Å². The van der Waals surface area contributed by atoms with E-state index in [4.69, 9.17) is 0 Å². The molecule has 0 aliphatic carbocycles. The number of fused-ring (bicyclic) bond motifs is 1. The molecule has 2 rings (SSSR count). The van der Waals surface area contributed by atoms with E-state index in [1.807, 2.05) is 0 Å². The number of aldehydes is 1. The van der Waals surface area contributed by atoms with Crippen LogP contribution in [0.2, 0.25) is 0 Å². The molecule has 0 aliphatic rings. The molecule has 0 saturated carbocycles. The van der Waals surface area contributed by atoms with Gasteiger partial charge >= 0.3 is 0 Å². The van der Waals surface area contributed by atoms with Gasteiger partial charge in [0.25, 0.3) is 0 Å². The molecule has 0 atom stereocenters. The first-order valence-electron chi connectivity index (χ1n) is 3.95. The largest absolute Gasteiger partial charge is 0.507 e. The lowest BCUT2D eigenvalue weighted by Crippen LogP contribution is -1.87. The van der Waals surface area contributed by atoms with E-state index in [2.05, 4.69) is 20.9 Å². The minimum Gasteiger partial charge on any atom is -0.507 e. The molecule has 1 N–H and O–H groups in total. The van der Waals surface area contributed by atoms with Crippen molar-refractivity contribution in [3.8, 4) is 5.75 Å². The van der Waals surface area contributed by atoms with Crippen molar-refractivity contribution in [1.29, 1.82) is 0 Å². The van der Waals surface area contributed by atoms with Crippen LogP contribution in [0.3, 0.4) is 0 Å². The van der Waals surface area contributed by atoms with Crippen molar-refractivity contribution >= 4 is 33.1 Å². The van der Waals surface area contributed by atoms with Gasteiger partial charge in [0.05, 0.1) is 11.1 Å². The molecule has 0 unspecified atom stereocenters. The van der Waals surface area contributed by atoms with Crippen molar-refractivity contribution in [2.45, 2.75) is 0 Å².